The summed E-state index contributed by atoms with van der Waals surface area (Å²) in [6.07, 6.45) is -1.24. The van der Waals surface area contributed by atoms with E-state index in [0.717, 1.165) is 12.8 Å². The molecule has 0 aliphatic heterocycles. The van der Waals surface area contributed by atoms with Crippen molar-refractivity contribution in [1.82, 2.24) is 5.32 Å². The first-order valence-corrected chi connectivity index (χ1v) is 6.49. The van der Waals surface area contributed by atoms with Gasteiger partial charge in [0.25, 0.3) is 0 Å². The Kier molecular flexibility index (Phi) is 5.44. The van der Waals surface area contributed by atoms with Crippen molar-refractivity contribution < 1.29 is 18.0 Å². The van der Waals surface area contributed by atoms with Gasteiger partial charge < -0.3 is 11.1 Å². The number of hydrogen-bond acceptors (Lipinski definition) is 2. The van der Waals surface area contributed by atoms with Crippen LogP contribution in [0, 0.1) is 5.92 Å². The van der Waals surface area contributed by atoms with Crippen LogP contribution < -0.4 is 11.1 Å². The summed E-state index contributed by atoms with van der Waals surface area (Å²) in [5.74, 6) is -1.89. The average molecular weight is 266 g/mol. The van der Waals surface area contributed by atoms with Gasteiger partial charge in [0.15, 0.2) is 0 Å². The van der Waals surface area contributed by atoms with Crippen LogP contribution in [0.2, 0.25) is 0 Å². The molecule has 0 saturated heterocycles. The first kappa shape index (κ1) is 15.3. The molecule has 18 heavy (non-hydrogen) atoms. The van der Waals surface area contributed by atoms with Gasteiger partial charge in [0.05, 0.1) is 12.0 Å². The summed E-state index contributed by atoms with van der Waals surface area (Å²) in [4.78, 5) is 11.7. The molecule has 2 unspecified atom stereocenters. The van der Waals surface area contributed by atoms with Crippen molar-refractivity contribution >= 4 is 5.91 Å². The second kappa shape index (κ2) is 6.41. The van der Waals surface area contributed by atoms with Crippen molar-refractivity contribution in [3.63, 3.8) is 0 Å². The summed E-state index contributed by atoms with van der Waals surface area (Å²) in [5.41, 5.74) is 5.61. The highest BCUT2D eigenvalue weighted by Gasteiger charge is 2.46. The second-order valence-corrected chi connectivity index (χ2v) is 4.94. The highest BCUT2D eigenvalue weighted by Crippen LogP contribution is 2.37. The summed E-state index contributed by atoms with van der Waals surface area (Å²) < 4.78 is 38.4. The molecule has 6 heteroatoms. The highest BCUT2D eigenvalue weighted by molar-refractivity contribution is 5.81. The van der Waals surface area contributed by atoms with Gasteiger partial charge in [-0.3, -0.25) is 4.79 Å². The van der Waals surface area contributed by atoms with Crippen LogP contribution in [0.3, 0.4) is 0 Å². The Balaban J connectivity index is 2.60. The Morgan fingerprint density at radius 1 is 1.39 bits per heavy atom. The fourth-order valence-electron chi connectivity index (χ4n) is 2.43. The predicted molar refractivity (Wildman–Crippen MR) is 62.8 cm³/mol. The Morgan fingerprint density at radius 3 is 2.56 bits per heavy atom. The van der Waals surface area contributed by atoms with Gasteiger partial charge in [-0.25, -0.2) is 0 Å². The van der Waals surface area contributed by atoms with Gasteiger partial charge in [0.1, 0.15) is 0 Å². The molecule has 106 valence electrons. The van der Waals surface area contributed by atoms with Crippen LogP contribution in [-0.4, -0.2) is 24.2 Å². The fourth-order valence-corrected chi connectivity index (χ4v) is 2.43. The van der Waals surface area contributed by atoms with Crippen molar-refractivity contribution in [2.75, 3.05) is 0 Å². The zero-order chi connectivity index (χ0) is 13.8. The van der Waals surface area contributed by atoms with Crippen molar-refractivity contribution in [2.45, 2.75) is 63.7 Å². The molecule has 0 heterocycles. The number of amides is 1. The van der Waals surface area contributed by atoms with E-state index >= 15 is 0 Å². The molecule has 1 aliphatic carbocycles. The van der Waals surface area contributed by atoms with Gasteiger partial charge in [-0.15, -0.1) is 0 Å². The Labute approximate surface area is 105 Å². The van der Waals surface area contributed by atoms with Crippen molar-refractivity contribution in [2.24, 2.45) is 11.7 Å². The minimum Gasteiger partial charge on any atom is -0.351 e. The summed E-state index contributed by atoms with van der Waals surface area (Å²) in [7, 11) is 0. The molecule has 0 spiro atoms. The molecule has 3 nitrogen and oxygen atoms in total. The molecule has 1 fully saturated rings. The molecule has 3 N–H and O–H groups in total. The smallest absolute Gasteiger partial charge is 0.351 e. The number of rotatable bonds is 4. The van der Waals surface area contributed by atoms with Crippen LogP contribution in [0.25, 0.3) is 0 Å². The second-order valence-electron chi connectivity index (χ2n) is 4.94. The third-order valence-corrected chi connectivity index (χ3v) is 3.45. The third kappa shape index (κ3) is 4.15. The topological polar surface area (TPSA) is 55.1 Å². The summed E-state index contributed by atoms with van der Waals surface area (Å²) in [6.45, 7) is 1.88. The summed E-state index contributed by atoms with van der Waals surface area (Å²) >= 11 is 0. The number of nitrogens with two attached hydrogens (primary N) is 1. The van der Waals surface area contributed by atoms with Crippen LogP contribution >= 0.6 is 0 Å². The largest absolute Gasteiger partial charge is 0.393 e. The molecule has 0 bridgehead atoms. The number of carbonyl (C=O) groups excluding carboxylic acids is 1. The van der Waals surface area contributed by atoms with E-state index < -0.39 is 30.1 Å². The lowest BCUT2D eigenvalue weighted by Gasteiger charge is -2.34. The van der Waals surface area contributed by atoms with E-state index in [-0.39, 0.29) is 6.42 Å². The third-order valence-electron chi connectivity index (χ3n) is 3.45. The molecular formula is C12H21F3N2O. The predicted octanol–water partition coefficient (Wildman–Crippen LogP) is 2.35. The molecule has 0 aromatic carbocycles. The zero-order valence-electron chi connectivity index (χ0n) is 10.6. The van der Waals surface area contributed by atoms with Crippen molar-refractivity contribution in [3.8, 4) is 0 Å². The molecule has 0 aromatic rings. The maximum Gasteiger partial charge on any atom is 0.393 e. The SMILES string of the molecule is CCC[C@H](N)C(=O)NC1CCCCC1C(F)(F)F. The van der Waals surface area contributed by atoms with Crippen molar-refractivity contribution in [1.29, 1.82) is 0 Å². The van der Waals surface area contributed by atoms with Crippen LogP contribution in [0.4, 0.5) is 13.2 Å². The van der Waals surface area contributed by atoms with Gasteiger partial charge in [-0.2, -0.15) is 13.2 Å². The quantitative estimate of drug-likeness (QED) is 0.820. The molecule has 0 radical (unpaired) electrons. The summed E-state index contributed by atoms with van der Waals surface area (Å²) in [5, 5.41) is 2.48. The van der Waals surface area contributed by atoms with E-state index in [1.165, 1.54) is 0 Å². The van der Waals surface area contributed by atoms with Gasteiger partial charge >= 0.3 is 6.18 Å². The molecule has 1 amide bonds. The lowest BCUT2D eigenvalue weighted by Crippen LogP contribution is -2.52. The number of nitrogens with one attached hydrogen (secondary N) is 1. The zero-order valence-corrected chi connectivity index (χ0v) is 10.6. The number of halogens is 3. The Hall–Kier alpha value is -0.780. The van der Waals surface area contributed by atoms with Crippen molar-refractivity contribution in [3.05, 3.63) is 0 Å². The number of alkyl halides is 3. The van der Waals surface area contributed by atoms with E-state index in [1.54, 1.807) is 0 Å². The standard InChI is InChI=1S/C12H21F3N2O/c1-2-5-9(16)11(18)17-10-7-4-3-6-8(10)12(13,14)15/h8-10H,2-7,16H2,1H3,(H,17,18)/t8?,9-,10?/m0/s1. The molecule has 1 saturated carbocycles. The monoisotopic (exact) mass is 266 g/mol. The minimum atomic E-state index is -4.24. The van der Waals surface area contributed by atoms with E-state index in [4.69, 9.17) is 5.73 Å². The highest BCUT2D eigenvalue weighted by atomic mass is 19.4. The van der Waals surface area contributed by atoms with Gasteiger partial charge in [0.2, 0.25) is 5.91 Å². The number of carbonyl (C=O) groups is 1. The van der Waals surface area contributed by atoms with E-state index in [9.17, 15) is 18.0 Å². The Bertz CT molecular complexity index is 281. The maximum absolute atomic E-state index is 12.8. The molecule has 0 aromatic heterocycles. The van der Waals surface area contributed by atoms with Crippen LogP contribution in [0.5, 0.6) is 0 Å². The van der Waals surface area contributed by atoms with Crippen LogP contribution in [0.15, 0.2) is 0 Å². The fraction of sp³-hybridized carbons (Fsp3) is 0.917. The van der Waals surface area contributed by atoms with E-state index in [2.05, 4.69) is 5.32 Å². The normalized spacial score (nSPS) is 26.7. The lowest BCUT2D eigenvalue weighted by atomic mass is 9.84. The summed E-state index contributed by atoms with van der Waals surface area (Å²) in [6, 6.07) is -1.51. The lowest BCUT2D eigenvalue weighted by molar-refractivity contribution is -0.189. The first-order chi connectivity index (χ1) is 8.36. The molecule has 1 aliphatic rings. The van der Waals surface area contributed by atoms with Gasteiger partial charge in [0, 0.05) is 6.04 Å². The molecule has 3 atom stereocenters. The molecule has 1 rings (SSSR count). The number of hydrogen-bond donors (Lipinski definition) is 2. The first-order valence-electron chi connectivity index (χ1n) is 6.49. The Morgan fingerprint density at radius 2 is 2.00 bits per heavy atom. The van der Waals surface area contributed by atoms with E-state index in [0.29, 0.717) is 19.3 Å². The van der Waals surface area contributed by atoms with Crippen LogP contribution in [-0.2, 0) is 4.79 Å². The van der Waals surface area contributed by atoms with E-state index in [1.807, 2.05) is 6.92 Å². The van der Waals surface area contributed by atoms with Gasteiger partial charge in [-0.05, 0) is 19.3 Å². The molecular weight excluding hydrogens is 245 g/mol. The average Bonchev–Trinajstić information content (AvgIpc) is 2.28. The maximum atomic E-state index is 12.8. The minimum absolute atomic E-state index is 0.0947. The van der Waals surface area contributed by atoms with Crippen LogP contribution in [0.1, 0.15) is 45.4 Å². The van der Waals surface area contributed by atoms with Gasteiger partial charge in [-0.1, -0.05) is 26.2 Å².